The van der Waals surface area contributed by atoms with Crippen LogP contribution in [0.25, 0.3) is 10.9 Å². The Balaban J connectivity index is 1.42. The standard InChI is InChI=1S/C22H27N5O/c1-2-27(22(28)21-10-17-6-3-4-9-20(17)26-21)19-8-5-7-18(11-19)25-14-16-12-23-15-24-13-16/h3-4,6,9-10,12-13,15,18-19,25-26H,2,5,7-8,11,14H2,1H3/t18-,19?/m1/s1. The number of fused-ring (bicyclic) bond motifs is 1. The molecule has 2 atom stereocenters. The normalized spacial score (nSPS) is 19.6. The molecular weight excluding hydrogens is 350 g/mol. The summed E-state index contributed by atoms with van der Waals surface area (Å²) in [6.45, 7) is 3.55. The lowest BCUT2D eigenvalue weighted by atomic mass is 9.89. The number of nitrogens with zero attached hydrogens (tertiary/aromatic N) is 3. The Kier molecular flexibility index (Phi) is 5.67. The van der Waals surface area contributed by atoms with E-state index in [-0.39, 0.29) is 11.9 Å². The van der Waals surface area contributed by atoms with Crippen LogP contribution in [-0.2, 0) is 6.54 Å². The first-order chi connectivity index (χ1) is 13.7. The summed E-state index contributed by atoms with van der Waals surface area (Å²) in [5, 5.41) is 4.70. The van der Waals surface area contributed by atoms with Crippen LogP contribution in [0.5, 0.6) is 0 Å². The second-order valence-corrected chi connectivity index (χ2v) is 7.51. The number of rotatable bonds is 6. The van der Waals surface area contributed by atoms with Crippen molar-refractivity contribution in [2.45, 2.75) is 51.2 Å². The van der Waals surface area contributed by atoms with Crippen molar-refractivity contribution in [3.05, 3.63) is 60.3 Å². The molecule has 3 aromatic rings. The van der Waals surface area contributed by atoms with Crippen LogP contribution >= 0.6 is 0 Å². The molecule has 6 heteroatoms. The van der Waals surface area contributed by atoms with Crippen molar-refractivity contribution < 1.29 is 4.79 Å². The van der Waals surface area contributed by atoms with Crippen LogP contribution in [0, 0.1) is 0 Å². The quantitative estimate of drug-likeness (QED) is 0.689. The highest BCUT2D eigenvalue weighted by Gasteiger charge is 2.29. The second kappa shape index (κ2) is 8.52. The van der Waals surface area contributed by atoms with Crippen LogP contribution in [-0.4, -0.2) is 44.4 Å². The van der Waals surface area contributed by atoms with Gasteiger partial charge in [-0.25, -0.2) is 9.97 Å². The Morgan fingerprint density at radius 2 is 2.07 bits per heavy atom. The Hall–Kier alpha value is -2.73. The minimum absolute atomic E-state index is 0.0980. The summed E-state index contributed by atoms with van der Waals surface area (Å²) in [6.07, 6.45) is 9.55. The van der Waals surface area contributed by atoms with Crippen molar-refractivity contribution in [3.8, 4) is 0 Å². The van der Waals surface area contributed by atoms with Crippen LogP contribution in [0.4, 0.5) is 0 Å². The van der Waals surface area contributed by atoms with Gasteiger partial charge in [0.15, 0.2) is 0 Å². The van der Waals surface area contributed by atoms with Crippen molar-refractivity contribution in [2.75, 3.05) is 6.54 Å². The van der Waals surface area contributed by atoms with Crippen molar-refractivity contribution in [3.63, 3.8) is 0 Å². The summed E-state index contributed by atoms with van der Waals surface area (Å²) in [5.74, 6) is 0.0980. The van der Waals surface area contributed by atoms with Gasteiger partial charge in [0, 0.05) is 54.0 Å². The minimum Gasteiger partial charge on any atom is -0.351 e. The van der Waals surface area contributed by atoms with Gasteiger partial charge >= 0.3 is 0 Å². The molecule has 0 spiro atoms. The third kappa shape index (κ3) is 4.07. The van der Waals surface area contributed by atoms with Gasteiger partial charge in [0.25, 0.3) is 5.91 Å². The summed E-state index contributed by atoms with van der Waals surface area (Å²) >= 11 is 0. The topological polar surface area (TPSA) is 73.9 Å². The molecule has 2 N–H and O–H groups in total. The molecule has 1 aliphatic carbocycles. The molecule has 6 nitrogen and oxygen atoms in total. The molecule has 1 aliphatic rings. The highest BCUT2D eigenvalue weighted by Crippen LogP contribution is 2.25. The Bertz CT molecular complexity index is 890. The summed E-state index contributed by atoms with van der Waals surface area (Å²) in [4.78, 5) is 26.7. The van der Waals surface area contributed by atoms with E-state index in [1.54, 1.807) is 6.33 Å². The van der Waals surface area contributed by atoms with Gasteiger partial charge in [-0.2, -0.15) is 0 Å². The highest BCUT2D eigenvalue weighted by atomic mass is 16.2. The van der Waals surface area contributed by atoms with Crippen molar-refractivity contribution in [1.29, 1.82) is 0 Å². The smallest absolute Gasteiger partial charge is 0.270 e. The maximum absolute atomic E-state index is 13.2. The predicted octanol–water partition coefficient (Wildman–Crippen LogP) is 3.52. The van der Waals surface area contributed by atoms with Gasteiger partial charge in [-0.15, -0.1) is 0 Å². The molecule has 2 heterocycles. The lowest BCUT2D eigenvalue weighted by Gasteiger charge is -2.37. The van der Waals surface area contributed by atoms with Gasteiger partial charge in [0.1, 0.15) is 12.0 Å². The number of benzene rings is 1. The van der Waals surface area contributed by atoms with E-state index in [9.17, 15) is 4.79 Å². The van der Waals surface area contributed by atoms with Crippen LogP contribution in [0.3, 0.4) is 0 Å². The Morgan fingerprint density at radius 3 is 2.86 bits per heavy atom. The fraction of sp³-hybridized carbons (Fsp3) is 0.409. The number of amides is 1. The van der Waals surface area contributed by atoms with E-state index in [1.807, 2.05) is 47.6 Å². The van der Waals surface area contributed by atoms with E-state index in [1.165, 1.54) is 0 Å². The molecule has 1 amide bonds. The van der Waals surface area contributed by atoms with Gasteiger partial charge in [-0.1, -0.05) is 18.2 Å². The van der Waals surface area contributed by atoms with E-state index in [0.717, 1.165) is 55.2 Å². The molecule has 1 saturated carbocycles. The summed E-state index contributed by atoms with van der Waals surface area (Å²) in [5.41, 5.74) is 2.78. The zero-order chi connectivity index (χ0) is 19.3. The van der Waals surface area contributed by atoms with E-state index >= 15 is 0 Å². The van der Waals surface area contributed by atoms with E-state index in [0.29, 0.717) is 11.7 Å². The summed E-state index contributed by atoms with van der Waals surface area (Å²) < 4.78 is 0. The number of hydrogen-bond acceptors (Lipinski definition) is 4. The van der Waals surface area contributed by atoms with E-state index in [4.69, 9.17) is 0 Å². The molecule has 0 bridgehead atoms. The number of aromatic nitrogens is 3. The summed E-state index contributed by atoms with van der Waals surface area (Å²) in [7, 11) is 0. The first-order valence-electron chi connectivity index (χ1n) is 10.1. The van der Waals surface area contributed by atoms with Gasteiger partial charge in [-0.3, -0.25) is 4.79 Å². The number of hydrogen-bond donors (Lipinski definition) is 2. The molecule has 2 aromatic heterocycles. The number of aromatic amines is 1. The predicted molar refractivity (Wildman–Crippen MR) is 110 cm³/mol. The minimum atomic E-state index is 0.0980. The zero-order valence-electron chi connectivity index (χ0n) is 16.3. The van der Waals surface area contributed by atoms with Gasteiger partial charge < -0.3 is 15.2 Å². The van der Waals surface area contributed by atoms with E-state index in [2.05, 4.69) is 27.2 Å². The number of para-hydroxylation sites is 1. The van der Waals surface area contributed by atoms with Gasteiger partial charge in [-0.05, 0) is 44.7 Å². The lowest BCUT2D eigenvalue weighted by Crippen LogP contribution is -2.46. The molecule has 1 unspecified atom stereocenters. The number of carbonyl (C=O) groups is 1. The Morgan fingerprint density at radius 1 is 1.25 bits per heavy atom. The number of H-pyrrole nitrogens is 1. The molecule has 0 saturated heterocycles. The molecule has 0 aliphatic heterocycles. The monoisotopic (exact) mass is 377 g/mol. The number of nitrogens with one attached hydrogen (secondary N) is 2. The number of carbonyl (C=O) groups excluding carboxylic acids is 1. The maximum atomic E-state index is 13.2. The van der Waals surface area contributed by atoms with Crippen LogP contribution in [0.2, 0.25) is 0 Å². The Labute approximate surface area is 165 Å². The third-order valence-corrected chi connectivity index (χ3v) is 5.66. The molecule has 4 rings (SSSR count). The average molecular weight is 377 g/mol. The third-order valence-electron chi connectivity index (χ3n) is 5.66. The summed E-state index contributed by atoms with van der Waals surface area (Å²) in [6, 6.07) is 10.7. The molecule has 1 fully saturated rings. The molecule has 28 heavy (non-hydrogen) atoms. The maximum Gasteiger partial charge on any atom is 0.270 e. The molecule has 1 aromatic carbocycles. The molecule has 146 valence electrons. The largest absolute Gasteiger partial charge is 0.351 e. The van der Waals surface area contributed by atoms with Crippen molar-refractivity contribution in [2.24, 2.45) is 0 Å². The van der Waals surface area contributed by atoms with Crippen LogP contribution in [0.1, 0.15) is 48.7 Å². The van der Waals surface area contributed by atoms with Gasteiger partial charge in [0.05, 0.1) is 0 Å². The molecule has 0 radical (unpaired) electrons. The first kappa shape index (κ1) is 18.6. The first-order valence-corrected chi connectivity index (χ1v) is 10.1. The highest BCUT2D eigenvalue weighted by molar-refractivity contribution is 5.98. The van der Waals surface area contributed by atoms with Crippen molar-refractivity contribution in [1.82, 2.24) is 25.2 Å². The SMILES string of the molecule is CCN(C(=O)c1cc2ccccc2[nH]1)C1CCC[C@@H](NCc2cncnc2)C1. The van der Waals surface area contributed by atoms with E-state index < -0.39 is 0 Å². The van der Waals surface area contributed by atoms with Crippen molar-refractivity contribution >= 4 is 16.8 Å². The van der Waals surface area contributed by atoms with Gasteiger partial charge in [0.2, 0.25) is 0 Å². The van der Waals surface area contributed by atoms with Crippen LogP contribution in [0.15, 0.2) is 49.1 Å². The fourth-order valence-corrected chi connectivity index (χ4v) is 4.23. The average Bonchev–Trinajstić information content (AvgIpc) is 3.18. The lowest BCUT2D eigenvalue weighted by molar-refractivity contribution is 0.0623. The second-order valence-electron chi connectivity index (χ2n) is 7.51. The molecular formula is C22H27N5O. The zero-order valence-corrected chi connectivity index (χ0v) is 16.3. The van der Waals surface area contributed by atoms with Crippen LogP contribution < -0.4 is 5.32 Å². The fourth-order valence-electron chi connectivity index (χ4n) is 4.23.